The summed E-state index contributed by atoms with van der Waals surface area (Å²) in [5, 5.41) is 44.8. The molecule has 180 valence electrons. The molecular formula is C20H38N4O7. The molecule has 1 amide bonds. The van der Waals surface area contributed by atoms with Crippen LogP contribution in [-0.4, -0.2) is 108 Å². The molecule has 0 aromatic heterocycles. The van der Waals surface area contributed by atoms with Crippen LogP contribution in [0.4, 0.5) is 0 Å². The Morgan fingerprint density at radius 2 is 1.71 bits per heavy atom. The molecule has 11 heteroatoms. The van der Waals surface area contributed by atoms with Crippen molar-refractivity contribution in [3.8, 4) is 0 Å². The summed E-state index contributed by atoms with van der Waals surface area (Å²) in [5.74, 6) is -2.28. The molecule has 10 atom stereocenters. The lowest BCUT2D eigenvalue weighted by atomic mass is 9.79. The molecule has 0 aromatic carbocycles. The molecule has 3 fully saturated rings. The van der Waals surface area contributed by atoms with Crippen LogP contribution in [0.3, 0.4) is 0 Å². The molecule has 2 heterocycles. The zero-order chi connectivity index (χ0) is 23.1. The van der Waals surface area contributed by atoms with Crippen LogP contribution in [0, 0.1) is 0 Å². The molecule has 0 spiro atoms. The van der Waals surface area contributed by atoms with E-state index >= 15 is 0 Å². The number of fused-ring (bicyclic) bond motifs is 2. The van der Waals surface area contributed by atoms with Gasteiger partial charge >= 0.3 is 0 Å². The van der Waals surface area contributed by atoms with E-state index in [4.69, 9.17) is 14.2 Å². The maximum atomic E-state index is 12.5. The molecule has 0 radical (unpaired) electrons. The number of aliphatic hydroxyl groups is 3. The van der Waals surface area contributed by atoms with Gasteiger partial charge in [-0.3, -0.25) is 4.79 Å². The van der Waals surface area contributed by atoms with E-state index in [2.05, 4.69) is 21.3 Å². The van der Waals surface area contributed by atoms with Gasteiger partial charge in [0.05, 0.1) is 36.9 Å². The number of hydrogen-bond donors (Lipinski definition) is 7. The van der Waals surface area contributed by atoms with Crippen molar-refractivity contribution in [1.29, 1.82) is 0 Å². The van der Waals surface area contributed by atoms with Crippen molar-refractivity contribution in [2.75, 3.05) is 20.6 Å². The third kappa shape index (κ3) is 4.90. The van der Waals surface area contributed by atoms with Crippen molar-refractivity contribution in [3.05, 3.63) is 0 Å². The van der Waals surface area contributed by atoms with E-state index in [1.807, 2.05) is 27.7 Å². The number of aliphatic hydroxyl groups excluding tert-OH is 2. The Balaban J connectivity index is 1.81. The molecular weight excluding hydrogens is 408 g/mol. The van der Waals surface area contributed by atoms with E-state index in [-0.39, 0.29) is 24.1 Å². The highest BCUT2D eigenvalue weighted by Gasteiger charge is 2.63. The number of ether oxygens (including phenoxy) is 3. The van der Waals surface area contributed by atoms with Crippen LogP contribution in [0.2, 0.25) is 0 Å². The molecule has 3 unspecified atom stereocenters. The first-order chi connectivity index (χ1) is 14.4. The Morgan fingerprint density at radius 1 is 1.06 bits per heavy atom. The van der Waals surface area contributed by atoms with Crippen molar-refractivity contribution < 1.29 is 34.3 Å². The lowest BCUT2D eigenvalue weighted by molar-refractivity contribution is -0.449. The summed E-state index contributed by atoms with van der Waals surface area (Å²) in [5.41, 5.74) is -0.240. The monoisotopic (exact) mass is 446 g/mol. The maximum Gasteiger partial charge on any atom is 0.239 e. The van der Waals surface area contributed by atoms with Gasteiger partial charge in [-0.15, -0.1) is 0 Å². The summed E-state index contributed by atoms with van der Waals surface area (Å²) in [7, 11) is 3.30. The van der Waals surface area contributed by atoms with Crippen molar-refractivity contribution in [3.63, 3.8) is 0 Å². The Morgan fingerprint density at radius 3 is 2.29 bits per heavy atom. The van der Waals surface area contributed by atoms with Crippen LogP contribution in [0.5, 0.6) is 0 Å². The molecule has 7 N–H and O–H groups in total. The Bertz CT molecular complexity index is 648. The number of carbonyl (C=O) groups is 1. The number of likely N-dealkylation sites (N-methyl/N-ethyl adjacent to an activating group) is 2. The van der Waals surface area contributed by atoms with Crippen LogP contribution >= 0.6 is 0 Å². The van der Waals surface area contributed by atoms with E-state index in [1.165, 1.54) is 0 Å². The van der Waals surface area contributed by atoms with Gasteiger partial charge in [0.2, 0.25) is 18.0 Å². The van der Waals surface area contributed by atoms with Crippen LogP contribution in [0.25, 0.3) is 0 Å². The summed E-state index contributed by atoms with van der Waals surface area (Å²) in [6.07, 6.45) is -5.04. The van der Waals surface area contributed by atoms with Gasteiger partial charge in [0.25, 0.3) is 0 Å². The second-order valence-corrected chi connectivity index (χ2v) is 9.78. The number of nitrogens with one attached hydrogen (secondary N) is 4. The lowest BCUT2D eigenvalue weighted by Gasteiger charge is -2.58. The highest BCUT2D eigenvalue weighted by Crippen LogP contribution is 2.41. The molecule has 0 bridgehead atoms. The van der Waals surface area contributed by atoms with Gasteiger partial charge in [0.1, 0.15) is 18.3 Å². The zero-order valence-electron chi connectivity index (χ0n) is 19.1. The molecule has 2 aliphatic heterocycles. The number of carbonyl (C=O) groups excluding carboxylic acids is 1. The Kier molecular flexibility index (Phi) is 7.31. The van der Waals surface area contributed by atoms with Crippen LogP contribution in [-0.2, 0) is 19.0 Å². The fraction of sp³-hybridized carbons (Fsp3) is 0.950. The average Bonchev–Trinajstić information content (AvgIpc) is 2.67. The third-order valence-corrected chi connectivity index (χ3v) is 6.27. The lowest BCUT2D eigenvalue weighted by Crippen LogP contribution is -2.79. The maximum absolute atomic E-state index is 12.5. The molecule has 31 heavy (non-hydrogen) atoms. The van der Waals surface area contributed by atoms with Gasteiger partial charge in [-0.05, 0) is 48.2 Å². The largest absolute Gasteiger partial charge is 0.390 e. The topological polar surface area (TPSA) is 154 Å². The standard InChI is InChI=1S/C20H38N4O7/c1-9-7-10(24-11(25)8-23-19(2,3)4)20(28)18(29-9)30-17-15(27)12(21-5)14(26)13(22-6)16(17)31-20/h9-10,12-18,21-23,26-28H,7-8H2,1-6H3,(H,24,25)/t9-,10-,12-,13+,14+,15+,16?,17?,18?,20+/m1/s1. The molecule has 0 aromatic rings. The van der Waals surface area contributed by atoms with Gasteiger partial charge in [0.15, 0.2) is 0 Å². The second kappa shape index (κ2) is 9.16. The fourth-order valence-electron chi connectivity index (χ4n) is 4.61. The third-order valence-electron chi connectivity index (χ3n) is 6.27. The van der Waals surface area contributed by atoms with Crippen molar-refractivity contribution in [1.82, 2.24) is 21.3 Å². The quantitative estimate of drug-likeness (QED) is 0.239. The number of rotatable bonds is 5. The van der Waals surface area contributed by atoms with Gasteiger partial charge in [-0.1, -0.05) is 0 Å². The average molecular weight is 447 g/mol. The summed E-state index contributed by atoms with van der Waals surface area (Å²) in [4.78, 5) is 12.5. The Hall–Kier alpha value is -0.890. The first-order valence-electron chi connectivity index (χ1n) is 10.9. The van der Waals surface area contributed by atoms with Gasteiger partial charge in [-0.25, -0.2) is 0 Å². The van der Waals surface area contributed by atoms with E-state index in [0.717, 1.165) is 0 Å². The summed E-state index contributed by atoms with van der Waals surface area (Å²) in [6, 6.07) is -2.09. The predicted octanol–water partition coefficient (Wildman–Crippen LogP) is -2.62. The van der Waals surface area contributed by atoms with Gasteiger partial charge < -0.3 is 50.8 Å². The minimum absolute atomic E-state index is 0.0727. The SMILES string of the molecule is CN[C@@H]1[C@H](O)[C@H](NC)C2O[C@]3(O)C(OC2[C@H]1O)O[C@H](C)C[C@H]3NC(=O)CNC(C)(C)C. The van der Waals surface area contributed by atoms with Gasteiger partial charge in [-0.2, -0.15) is 0 Å². The van der Waals surface area contributed by atoms with Crippen molar-refractivity contribution in [2.24, 2.45) is 0 Å². The fourth-order valence-corrected chi connectivity index (χ4v) is 4.61. The molecule has 1 saturated carbocycles. The van der Waals surface area contributed by atoms with E-state index in [1.54, 1.807) is 14.1 Å². The molecule has 1 aliphatic carbocycles. The smallest absolute Gasteiger partial charge is 0.239 e. The normalized spacial score (nSPS) is 45.5. The summed E-state index contributed by atoms with van der Waals surface area (Å²) in [6.45, 7) is 7.75. The van der Waals surface area contributed by atoms with Crippen LogP contribution in [0.15, 0.2) is 0 Å². The first kappa shape index (κ1) is 24.7. The summed E-state index contributed by atoms with van der Waals surface area (Å²) >= 11 is 0. The molecule has 2 saturated heterocycles. The van der Waals surface area contributed by atoms with E-state index in [9.17, 15) is 20.1 Å². The molecule has 11 nitrogen and oxygen atoms in total. The minimum Gasteiger partial charge on any atom is -0.390 e. The minimum atomic E-state index is -1.98. The summed E-state index contributed by atoms with van der Waals surface area (Å²) < 4.78 is 17.9. The zero-order valence-corrected chi connectivity index (χ0v) is 19.1. The Labute approximate surface area is 183 Å². The van der Waals surface area contributed by atoms with E-state index in [0.29, 0.717) is 6.42 Å². The van der Waals surface area contributed by atoms with Crippen LogP contribution in [0.1, 0.15) is 34.1 Å². The predicted molar refractivity (Wildman–Crippen MR) is 111 cm³/mol. The number of amides is 1. The second-order valence-electron chi connectivity index (χ2n) is 9.78. The van der Waals surface area contributed by atoms with E-state index < -0.39 is 54.6 Å². The highest BCUT2D eigenvalue weighted by molar-refractivity contribution is 5.78. The van der Waals surface area contributed by atoms with Crippen molar-refractivity contribution >= 4 is 5.91 Å². The van der Waals surface area contributed by atoms with Crippen LogP contribution < -0.4 is 21.3 Å². The highest BCUT2D eigenvalue weighted by atomic mass is 16.8. The van der Waals surface area contributed by atoms with Crippen molar-refractivity contribution in [2.45, 2.75) is 100 Å². The van der Waals surface area contributed by atoms with Gasteiger partial charge in [0, 0.05) is 5.54 Å². The molecule has 3 aliphatic rings. The molecule has 3 rings (SSSR count). The number of hydrogen-bond acceptors (Lipinski definition) is 10. The first-order valence-corrected chi connectivity index (χ1v) is 10.9.